The Morgan fingerprint density at radius 1 is 1.42 bits per heavy atom. The first-order chi connectivity index (χ1) is 8.97. The first-order valence-electron chi connectivity index (χ1n) is 6.80. The van der Waals surface area contributed by atoms with Gasteiger partial charge in [-0.05, 0) is 57.6 Å². The number of likely N-dealkylation sites (tertiary alicyclic amines) is 1. The highest BCUT2D eigenvalue weighted by Gasteiger charge is 2.29. The Labute approximate surface area is 115 Å². The number of carbonyl (C=O) groups excluding carboxylic acids is 1. The number of rotatable bonds is 3. The van der Waals surface area contributed by atoms with Crippen LogP contribution in [0.2, 0.25) is 0 Å². The van der Waals surface area contributed by atoms with Crippen LogP contribution >= 0.6 is 0 Å². The van der Waals surface area contributed by atoms with Gasteiger partial charge in [0.2, 0.25) is 0 Å². The van der Waals surface area contributed by atoms with E-state index in [-0.39, 0.29) is 5.91 Å². The van der Waals surface area contributed by atoms with Crippen molar-refractivity contribution in [3.63, 3.8) is 0 Å². The Hall–Kier alpha value is -1.55. The second-order valence-corrected chi connectivity index (χ2v) is 5.69. The lowest BCUT2D eigenvalue weighted by atomic mass is 10.1. The van der Waals surface area contributed by atoms with Crippen molar-refractivity contribution in [1.29, 1.82) is 0 Å². The number of nitrogen functional groups attached to an aromatic ring is 1. The number of aryl methyl sites for hydroxylation is 1. The van der Waals surface area contributed by atoms with Crippen LogP contribution in [0.5, 0.6) is 0 Å². The number of likely N-dealkylation sites (N-methyl/N-ethyl adjacent to an activating group) is 1. The first kappa shape index (κ1) is 13.9. The average molecular weight is 261 g/mol. The maximum Gasteiger partial charge on any atom is 0.254 e. The fraction of sp³-hybridized carbons (Fsp3) is 0.533. The van der Waals surface area contributed by atoms with Gasteiger partial charge in [-0.15, -0.1) is 0 Å². The van der Waals surface area contributed by atoms with E-state index in [4.69, 9.17) is 5.73 Å². The number of anilines is 1. The van der Waals surface area contributed by atoms with Gasteiger partial charge in [-0.1, -0.05) is 0 Å². The molecule has 4 heteroatoms. The number of hydrogen-bond donors (Lipinski definition) is 1. The number of nitrogens with two attached hydrogens (primary N) is 1. The molecule has 4 nitrogen and oxygen atoms in total. The third-order valence-corrected chi connectivity index (χ3v) is 3.56. The highest BCUT2D eigenvalue weighted by Crippen LogP contribution is 2.22. The summed E-state index contributed by atoms with van der Waals surface area (Å²) in [5.74, 6) is 0.111. The molecular weight excluding hydrogens is 238 g/mol. The summed E-state index contributed by atoms with van der Waals surface area (Å²) in [5, 5.41) is 0. The summed E-state index contributed by atoms with van der Waals surface area (Å²) in [5.41, 5.74) is 8.24. The SMILES string of the molecule is Cc1cc(N)cc(C(=O)N2CCCC2CN(C)C)c1. The van der Waals surface area contributed by atoms with E-state index in [0.29, 0.717) is 17.3 Å². The van der Waals surface area contributed by atoms with E-state index in [1.165, 1.54) is 0 Å². The van der Waals surface area contributed by atoms with Crippen molar-refractivity contribution < 1.29 is 4.79 Å². The Morgan fingerprint density at radius 2 is 2.16 bits per heavy atom. The summed E-state index contributed by atoms with van der Waals surface area (Å²) < 4.78 is 0. The number of amides is 1. The Balaban J connectivity index is 2.18. The van der Waals surface area contributed by atoms with Crippen molar-refractivity contribution in [3.8, 4) is 0 Å². The molecule has 0 spiro atoms. The molecule has 0 aromatic heterocycles. The average Bonchev–Trinajstić information content (AvgIpc) is 2.73. The quantitative estimate of drug-likeness (QED) is 0.843. The molecule has 2 rings (SSSR count). The van der Waals surface area contributed by atoms with Gasteiger partial charge in [0.25, 0.3) is 5.91 Å². The second kappa shape index (κ2) is 5.61. The zero-order chi connectivity index (χ0) is 14.0. The molecule has 2 N–H and O–H groups in total. The van der Waals surface area contributed by atoms with Gasteiger partial charge in [0.05, 0.1) is 0 Å². The van der Waals surface area contributed by atoms with E-state index in [9.17, 15) is 4.79 Å². The summed E-state index contributed by atoms with van der Waals surface area (Å²) in [6, 6.07) is 5.91. The summed E-state index contributed by atoms with van der Waals surface area (Å²) in [6.45, 7) is 3.74. The van der Waals surface area contributed by atoms with Gasteiger partial charge < -0.3 is 15.5 Å². The van der Waals surface area contributed by atoms with Gasteiger partial charge >= 0.3 is 0 Å². The fourth-order valence-corrected chi connectivity index (χ4v) is 2.82. The van der Waals surface area contributed by atoms with E-state index in [1.54, 1.807) is 6.07 Å². The molecule has 0 aliphatic carbocycles. The van der Waals surface area contributed by atoms with Crippen LogP contribution in [-0.4, -0.2) is 48.9 Å². The molecule has 1 aromatic rings. The third kappa shape index (κ3) is 3.26. The Bertz CT molecular complexity index is 450. The topological polar surface area (TPSA) is 49.6 Å². The summed E-state index contributed by atoms with van der Waals surface area (Å²) in [7, 11) is 4.09. The molecule has 1 aromatic carbocycles. The Morgan fingerprint density at radius 3 is 2.79 bits per heavy atom. The predicted octanol–water partition coefficient (Wildman–Crippen LogP) is 1.74. The highest BCUT2D eigenvalue weighted by atomic mass is 16.2. The molecule has 19 heavy (non-hydrogen) atoms. The normalized spacial score (nSPS) is 19.2. The zero-order valence-corrected chi connectivity index (χ0v) is 12.0. The van der Waals surface area contributed by atoms with E-state index >= 15 is 0 Å². The van der Waals surface area contributed by atoms with Gasteiger partial charge in [0.15, 0.2) is 0 Å². The van der Waals surface area contributed by atoms with Crippen LogP contribution in [0.3, 0.4) is 0 Å². The second-order valence-electron chi connectivity index (χ2n) is 5.69. The minimum atomic E-state index is 0.111. The molecule has 0 saturated carbocycles. The van der Waals surface area contributed by atoms with Crippen molar-refractivity contribution >= 4 is 11.6 Å². The minimum absolute atomic E-state index is 0.111. The lowest BCUT2D eigenvalue weighted by Gasteiger charge is -2.27. The standard InChI is InChI=1S/C15H23N3O/c1-11-7-12(9-13(16)8-11)15(19)18-6-4-5-14(18)10-17(2)3/h7-9,14H,4-6,10,16H2,1-3H3. The third-order valence-electron chi connectivity index (χ3n) is 3.56. The van der Waals surface area contributed by atoms with Crippen LogP contribution in [0.25, 0.3) is 0 Å². The van der Waals surface area contributed by atoms with Crippen LogP contribution in [-0.2, 0) is 0 Å². The van der Waals surface area contributed by atoms with Crippen molar-refractivity contribution in [3.05, 3.63) is 29.3 Å². The van der Waals surface area contributed by atoms with Crippen LogP contribution in [0, 0.1) is 6.92 Å². The van der Waals surface area contributed by atoms with E-state index < -0.39 is 0 Å². The first-order valence-corrected chi connectivity index (χ1v) is 6.80. The number of benzene rings is 1. The summed E-state index contributed by atoms with van der Waals surface area (Å²) in [4.78, 5) is 16.7. The van der Waals surface area contributed by atoms with Crippen molar-refractivity contribution in [2.75, 3.05) is 32.9 Å². The molecule has 104 valence electrons. The lowest BCUT2D eigenvalue weighted by Crippen LogP contribution is -2.41. The van der Waals surface area contributed by atoms with Crippen LogP contribution in [0.1, 0.15) is 28.8 Å². The van der Waals surface area contributed by atoms with Gasteiger partial charge in [-0.25, -0.2) is 0 Å². The molecule has 1 heterocycles. The molecule has 1 amide bonds. The molecule has 0 bridgehead atoms. The van der Waals surface area contributed by atoms with Gasteiger partial charge in [-0.3, -0.25) is 4.79 Å². The van der Waals surface area contributed by atoms with Gasteiger partial charge in [0.1, 0.15) is 0 Å². The van der Waals surface area contributed by atoms with Crippen molar-refractivity contribution in [1.82, 2.24) is 9.80 Å². The number of nitrogens with zero attached hydrogens (tertiary/aromatic N) is 2. The van der Waals surface area contributed by atoms with Crippen molar-refractivity contribution in [2.24, 2.45) is 0 Å². The van der Waals surface area contributed by atoms with E-state index in [0.717, 1.165) is 31.5 Å². The summed E-state index contributed by atoms with van der Waals surface area (Å²) >= 11 is 0. The molecule has 1 saturated heterocycles. The molecule has 0 radical (unpaired) electrons. The van der Waals surface area contributed by atoms with E-state index in [1.807, 2.05) is 38.1 Å². The summed E-state index contributed by atoms with van der Waals surface area (Å²) in [6.07, 6.45) is 2.18. The zero-order valence-electron chi connectivity index (χ0n) is 12.0. The van der Waals surface area contributed by atoms with Gasteiger partial charge in [-0.2, -0.15) is 0 Å². The van der Waals surface area contributed by atoms with Crippen molar-refractivity contribution in [2.45, 2.75) is 25.8 Å². The smallest absolute Gasteiger partial charge is 0.254 e. The predicted molar refractivity (Wildman–Crippen MR) is 78.2 cm³/mol. The number of carbonyl (C=O) groups is 1. The molecule has 1 atom stereocenters. The molecule has 1 unspecified atom stereocenters. The molecule has 1 aliphatic heterocycles. The maximum atomic E-state index is 12.6. The maximum absolute atomic E-state index is 12.6. The van der Waals surface area contributed by atoms with Crippen LogP contribution in [0.4, 0.5) is 5.69 Å². The largest absolute Gasteiger partial charge is 0.399 e. The molecular formula is C15H23N3O. The highest BCUT2D eigenvalue weighted by molar-refractivity contribution is 5.95. The van der Waals surface area contributed by atoms with Crippen LogP contribution < -0.4 is 5.73 Å². The minimum Gasteiger partial charge on any atom is -0.399 e. The van der Waals surface area contributed by atoms with Gasteiger partial charge in [0, 0.05) is 30.4 Å². The van der Waals surface area contributed by atoms with Crippen LogP contribution in [0.15, 0.2) is 18.2 Å². The monoisotopic (exact) mass is 261 g/mol. The van der Waals surface area contributed by atoms with E-state index in [2.05, 4.69) is 4.90 Å². The molecule has 1 fully saturated rings. The fourth-order valence-electron chi connectivity index (χ4n) is 2.82. The molecule has 1 aliphatic rings. The lowest BCUT2D eigenvalue weighted by molar-refractivity contribution is 0.0716. The number of hydrogen-bond acceptors (Lipinski definition) is 3. The Kier molecular flexibility index (Phi) is 4.10.